The predicted molar refractivity (Wildman–Crippen MR) is 104 cm³/mol. The molecule has 27 heavy (non-hydrogen) atoms. The number of rotatable bonds is 7. The topological polar surface area (TPSA) is 78.0 Å². The normalized spacial score (nSPS) is 15.4. The lowest BCUT2D eigenvalue weighted by Gasteiger charge is -2.26. The van der Waals surface area contributed by atoms with Gasteiger partial charge < -0.3 is 9.80 Å². The van der Waals surface area contributed by atoms with Gasteiger partial charge in [-0.15, -0.1) is 0 Å². The first-order valence-corrected chi connectivity index (χ1v) is 10.9. The Kier molecular flexibility index (Phi) is 7.38. The van der Waals surface area contributed by atoms with Crippen molar-refractivity contribution in [2.24, 2.45) is 0 Å². The van der Waals surface area contributed by atoms with Crippen LogP contribution in [-0.4, -0.2) is 74.1 Å². The van der Waals surface area contributed by atoms with Gasteiger partial charge in [0.15, 0.2) is 0 Å². The van der Waals surface area contributed by atoms with E-state index in [2.05, 4.69) is 0 Å². The summed E-state index contributed by atoms with van der Waals surface area (Å²) in [7, 11) is -2.05. The van der Waals surface area contributed by atoms with Gasteiger partial charge in [-0.05, 0) is 44.9 Å². The Hall–Kier alpha value is -1.93. The number of nitrogens with zero attached hydrogens (tertiary/aromatic N) is 3. The van der Waals surface area contributed by atoms with Gasteiger partial charge in [-0.3, -0.25) is 9.59 Å². The van der Waals surface area contributed by atoms with E-state index < -0.39 is 10.0 Å². The van der Waals surface area contributed by atoms with Gasteiger partial charge in [0, 0.05) is 38.8 Å². The van der Waals surface area contributed by atoms with Crippen LogP contribution in [0.25, 0.3) is 0 Å². The molecule has 1 heterocycles. The summed E-state index contributed by atoms with van der Waals surface area (Å²) in [4.78, 5) is 28.0. The van der Waals surface area contributed by atoms with E-state index in [1.54, 1.807) is 24.1 Å². The van der Waals surface area contributed by atoms with Gasteiger partial charge in [0.25, 0.3) is 5.91 Å². The number of carbonyl (C=O) groups excluding carboxylic acids is 2. The maximum absolute atomic E-state index is 12.8. The second-order valence-electron chi connectivity index (χ2n) is 6.72. The maximum Gasteiger partial charge on any atom is 0.254 e. The Bertz CT molecular complexity index is 769. The minimum absolute atomic E-state index is 0.0381. The predicted octanol–water partition coefficient (Wildman–Crippen LogP) is 1.80. The Balaban J connectivity index is 2.16. The number of hydrogen-bond donors (Lipinski definition) is 0. The van der Waals surface area contributed by atoms with Crippen LogP contribution in [0.15, 0.2) is 29.2 Å². The average Bonchev–Trinajstić information content (AvgIpc) is 2.69. The third-order valence-electron chi connectivity index (χ3n) is 4.87. The van der Waals surface area contributed by atoms with Crippen LogP contribution < -0.4 is 0 Å². The molecule has 0 bridgehead atoms. The number of piperidine rings is 1. The van der Waals surface area contributed by atoms with Crippen LogP contribution >= 0.6 is 0 Å². The highest BCUT2D eigenvalue weighted by Gasteiger charge is 2.27. The first kappa shape index (κ1) is 21.4. The Morgan fingerprint density at radius 3 is 2.30 bits per heavy atom. The molecule has 0 N–H and O–H groups in total. The Labute approximate surface area is 162 Å². The lowest BCUT2D eigenvalue weighted by molar-refractivity contribution is -0.131. The van der Waals surface area contributed by atoms with E-state index in [9.17, 15) is 18.0 Å². The molecular formula is C19H29N3O4S. The first-order valence-electron chi connectivity index (χ1n) is 9.44. The molecule has 0 atom stereocenters. The highest BCUT2D eigenvalue weighted by molar-refractivity contribution is 7.89. The second kappa shape index (κ2) is 9.32. The van der Waals surface area contributed by atoms with E-state index in [0.717, 1.165) is 19.3 Å². The van der Waals surface area contributed by atoms with Crippen LogP contribution in [0.5, 0.6) is 0 Å². The smallest absolute Gasteiger partial charge is 0.254 e. The fraction of sp³-hybridized carbons (Fsp3) is 0.579. The van der Waals surface area contributed by atoms with Crippen molar-refractivity contribution in [2.75, 3.05) is 39.8 Å². The molecule has 1 saturated heterocycles. The largest absolute Gasteiger partial charge is 0.342 e. The van der Waals surface area contributed by atoms with E-state index >= 15 is 0 Å². The fourth-order valence-corrected chi connectivity index (χ4v) is 4.78. The van der Waals surface area contributed by atoms with E-state index in [1.807, 2.05) is 13.8 Å². The van der Waals surface area contributed by atoms with Crippen molar-refractivity contribution in [1.82, 2.24) is 14.1 Å². The SMILES string of the molecule is CCN(CC)C(=O)CN(C)C(=O)c1cccc(S(=O)(=O)N2CCCCC2)c1. The zero-order chi connectivity index (χ0) is 20.0. The summed E-state index contributed by atoms with van der Waals surface area (Å²) in [5.41, 5.74) is 0.267. The van der Waals surface area contributed by atoms with Crippen molar-refractivity contribution in [1.29, 1.82) is 0 Å². The lowest BCUT2D eigenvalue weighted by atomic mass is 10.2. The minimum Gasteiger partial charge on any atom is -0.342 e. The first-order chi connectivity index (χ1) is 12.8. The molecular weight excluding hydrogens is 366 g/mol. The van der Waals surface area contributed by atoms with Gasteiger partial charge in [-0.25, -0.2) is 8.42 Å². The quantitative estimate of drug-likeness (QED) is 0.705. The molecule has 1 aliphatic heterocycles. The molecule has 0 spiro atoms. The second-order valence-corrected chi connectivity index (χ2v) is 8.66. The highest BCUT2D eigenvalue weighted by Crippen LogP contribution is 2.21. The van der Waals surface area contributed by atoms with E-state index in [1.165, 1.54) is 21.3 Å². The molecule has 0 aliphatic carbocycles. The van der Waals surface area contributed by atoms with Gasteiger partial charge in [0.2, 0.25) is 15.9 Å². The highest BCUT2D eigenvalue weighted by atomic mass is 32.2. The molecule has 0 saturated carbocycles. The van der Waals surface area contributed by atoms with Gasteiger partial charge >= 0.3 is 0 Å². The molecule has 2 rings (SSSR count). The van der Waals surface area contributed by atoms with Gasteiger partial charge in [-0.1, -0.05) is 12.5 Å². The zero-order valence-corrected chi connectivity index (χ0v) is 17.2. The fourth-order valence-electron chi connectivity index (χ4n) is 3.22. The molecule has 0 aromatic heterocycles. The summed E-state index contributed by atoms with van der Waals surface area (Å²) in [6, 6.07) is 6.08. The van der Waals surface area contributed by atoms with E-state index in [-0.39, 0.29) is 28.8 Å². The Morgan fingerprint density at radius 1 is 1.07 bits per heavy atom. The molecule has 7 nitrogen and oxygen atoms in total. The van der Waals surface area contributed by atoms with E-state index in [4.69, 9.17) is 0 Å². The third-order valence-corrected chi connectivity index (χ3v) is 6.76. The summed E-state index contributed by atoms with van der Waals surface area (Å²) >= 11 is 0. The van der Waals surface area contributed by atoms with Crippen LogP contribution in [0.4, 0.5) is 0 Å². The molecule has 0 unspecified atom stereocenters. The summed E-state index contributed by atoms with van der Waals surface area (Å²) in [5.74, 6) is -0.501. The molecule has 2 amide bonds. The number of carbonyl (C=O) groups is 2. The van der Waals surface area contributed by atoms with Gasteiger partial charge in [0.1, 0.15) is 0 Å². The molecule has 1 aromatic carbocycles. The standard InChI is InChI=1S/C19H29N3O4S/c1-4-21(5-2)18(23)15-20(3)19(24)16-10-9-11-17(14-16)27(25,26)22-12-7-6-8-13-22/h9-11,14H,4-8,12-13,15H2,1-3H3. The van der Waals surface area contributed by atoms with Gasteiger partial charge in [0.05, 0.1) is 11.4 Å². The van der Waals surface area contributed by atoms with Crippen LogP contribution in [0.1, 0.15) is 43.5 Å². The molecule has 8 heteroatoms. The van der Waals surface area contributed by atoms with Gasteiger partial charge in [-0.2, -0.15) is 4.31 Å². The van der Waals surface area contributed by atoms with Crippen molar-refractivity contribution in [3.63, 3.8) is 0 Å². The molecule has 1 aliphatic rings. The van der Waals surface area contributed by atoms with Crippen molar-refractivity contribution in [3.05, 3.63) is 29.8 Å². The van der Waals surface area contributed by atoms with Crippen LogP contribution in [0.2, 0.25) is 0 Å². The van der Waals surface area contributed by atoms with Crippen LogP contribution in [0.3, 0.4) is 0 Å². The monoisotopic (exact) mass is 395 g/mol. The van der Waals surface area contributed by atoms with E-state index in [0.29, 0.717) is 26.2 Å². The third kappa shape index (κ3) is 5.07. The van der Waals surface area contributed by atoms with Crippen LogP contribution in [-0.2, 0) is 14.8 Å². The number of amides is 2. The molecule has 1 aromatic rings. The van der Waals surface area contributed by atoms with Crippen molar-refractivity contribution in [3.8, 4) is 0 Å². The number of likely N-dealkylation sites (N-methyl/N-ethyl adjacent to an activating group) is 2. The lowest BCUT2D eigenvalue weighted by Crippen LogP contribution is -2.41. The average molecular weight is 396 g/mol. The summed E-state index contributed by atoms with van der Waals surface area (Å²) in [5, 5.41) is 0. The summed E-state index contributed by atoms with van der Waals surface area (Å²) < 4.78 is 27.1. The summed E-state index contributed by atoms with van der Waals surface area (Å²) in [6.45, 7) is 5.93. The van der Waals surface area contributed by atoms with Crippen molar-refractivity contribution < 1.29 is 18.0 Å². The number of sulfonamides is 1. The molecule has 0 radical (unpaired) electrons. The maximum atomic E-state index is 12.8. The van der Waals surface area contributed by atoms with Crippen molar-refractivity contribution in [2.45, 2.75) is 38.0 Å². The molecule has 1 fully saturated rings. The number of hydrogen-bond acceptors (Lipinski definition) is 4. The summed E-state index contributed by atoms with van der Waals surface area (Å²) in [6.07, 6.45) is 2.75. The minimum atomic E-state index is -3.60. The number of benzene rings is 1. The Morgan fingerprint density at radius 2 is 1.70 bits per heavy atom. The molecule has 150 valence electrons. The van der Waals surface area contributed by atoms with Crippen molar-refractivity contribution >= 4 is 21.8 Å². The van der Waals surface area contributed by atoms with Crippen LogP contribution in [0, 0.1) is 0 Å². The zero-order valence-electron chi connectivity index (χ0n) is 16.3.